The van der Waals surface area contributed by atoms with Crippen molar-refractivity contribution in [2.75, 3.05) is 18.6 Å². The molecule has 1 atom stereocenters. The molecule has 1 aliphatic carbocycles. The Hall–Kier alpha value is -3.63. The maximum absolute atomic E-state index is 13.7. The number of hydrogen-bond donors (Lipinski definition) is 2. The second-order valence-electron chi connectivity index (χ2n) is 10.1. The summed E-state index contributed by atoms with van der Waals surface area (Å²) < 4.78 is 45.4. The van der Waals surface area contributed by atoms with Gasteiger partial charge in [0.25, 0.3) is 11.8 Å². The third-order valence-corrected chi connectivity index (χ3v) is 7.82. The maximum atomic E-state index is 13.7. The third kappa shape index (κ3) is 5.13. The maximum Gasteiger partial charge on any atom is 0.434 e. The minimum absolute atomic E-state index is 0.0636. The van der Waals surface area contributed by atoms with Gasteiger partial charge in [0.05, 0.1) is 23.4 Å². The van der Waals surface area contributed by atoms with E-state index < -0.39 is 34.8 Å². The average molecular weight is 574 g/mol. The summed E-state index contributed by atoms with van der Waals surface area (Å²) in [5.41, 5.74) is -2.23. The monoisotopic (exact) mass is 573 g/mol. The molecule has 0 spiro atoms. The van der Waals surface area contributed by atoms with Gasteiger partial charge < -0.3 is 20.1 Å². The first-order chi connectivity index (χ1) is 19.0. The van der Waals surface area contributed by atoms with Crippen LogP contribution >= 0.6 is 11.6 Å². The van der Waals surface area contributed by atoms with Crippen LogP contribution in [0.1, 0.15) is 52.9 Å². The van der Waals surface area contributed by atoms with E-state index in [-0.39, 0.29) is 17.0 Å². The number of halogens is 4. The minimum Gasteiger partial charge on any atom is -0.497 e. The Balaban J connectivity index is 1.28. The molecule has 0 radical (unpaired) electrons. The number of anilines is 1. The van der Waals surface area contributed by atoms with Crippen LogP contribution in [-0.4, -0.2) is 41.6 Å². The molecule has 2 aromatic carbocycles. The lowest BCUT2D eigenvalue weighted by Crippen LogP contribution is -2.44. The minimum atomic E-state index is -4.79. The Morgan fingerprint density at radius 3 is 2.58 bits per heavy atom. The molecule has 0 saturated heterocycles. The fourth-order valence-corrected chi connectivity index (χ4v) is 5.75. The van der Waals surface area contributed by atoms with Crippen LogP contribution < -0.4 is 15.0 Å². The lowest BCUT2D eigenvalue weighted by molar-refractivity contribution is -0.141. The predicted octanol–water partition coefficient (Wildman–Crippen LogP) is 5.33. The van der Waals surface area contributed by atoms with E-state index in [0.717, 1.165) is 12.3 Å². The number of nitrogens with zero attached hydrogens (tertiary/aromatic N) is 2. The van der Waals surface area contributed by atoms with Crippen molar-refractivity contribution < 1.29 is 32.6 Å². The number of amides is 2. The molecule has 1 fully saturated rings. The van der Waals surface area contributed by atoms with Crippen molar-refractivity contribution in [3.63, 3.8) is 0 Å². The van der Waals surface area contributed by atoms with E-state index in [2.05, 4.69) is 10.3 Å². The van der Waals surface area contributed by atoms with Gasteiger partial charge in [0.2, 0.25) is 0 Å². The van der Waals surface area contributed by atoms with Gasteiger partial charge in [-0.3, -0.25) is 9.59 Å². The molecule has 2 N–H and O–H groups in total. The van der Waals surface area contributed by atoms with Gasteiger partial charge in [-0.1, -0.05) is 41.9 Å². The normalized spacial score (nSPS) is 22.6. The van der Waals surface area contributed by atoms with Gasteiger partial charge in [-0.25, -0.2) is 4.98 Å². The Kier molecular flexibility index (Phi) is 7.50. The Labute approximate surface area is 233 Å². The average Bonchev–Trinajstić information content (AvgIpc) is 3.16. The fourth-order valence-electron chi connectivity index (χ4n) is 5.59. The molecule has 2 amide bonds. The van der Waals surface area contributed by atoms with Crippen LogP contribution in [0.4, 0.5) is 18.9 Å². The van der Waals surface area contributed by atoms with Gasteiger partial charge >= 0.3 is 6.18 Å². The number of alkyl halides is 3. The quantitative estimate of drug-likeness (QED) is 0.416. The van der Waals surface area contributed by atoms with Crippen LogP contribution in [0.2, 0.25) is 5.02 Å². The number of nitrogens with one attached hydrogen (secondary N) is 1. The number of aromatic nitrogens is 1. The van der Waals surface area contributed by atoms with E-state index in [1.807, 2.05) is 6.07 Å². The Bertz CT molecular complexity index is 1440. The summed E-state index contributed by atoms with van der Waals surface area (Å²) in [7, 11) is 1.51. The van der Waals surface area contributed by atoms with Crippen molar-refractivity contribution in [3.8, 4) is 5.75 Å². The Morgan fingerprint density at radius 2 is 1.88 bits per heavy atom. The lowest BCUT2D eigenvalue weighted by atomic mass is 9.85. The summed E-state index contributed by atoms with van der Waals surface area (Å²) >= 11 is 5.81. The molecule has 210 valence electrons. The number of para-hydroxylation sites is 1. The van der Waals surface area contributed by atoms with Crippen LogP contribution in [0.25, 0.3) is 0 Å². The third-order valence-electron chi connectivity index (χ3n) is 7.62. The summed E-state index contributed by atoms with van der Waals surface area (Å²) in [5.74, 6) is -0.745. The van der Waals surface area contributed by atoms with Gasteiger partial charge in [-0.2, -0.15) is 13.2 Å². The van der Waals surface area contributed by atoms with E-state index in [9.17, 15) is 27.9 Å². The zero-order valence-electron chi connectivity index (χ0n) is 21.5. The molecule has 1 aromatic heterocycles. The highest BCUT2D eigenvalue weighted by Crippen LogP contribution is 2.46. The molecule has 11 heteroatoms. The molecular weight excluding hydrogens is 547 g/mol. The number of rotatable bonds is 6. The van der Waals surface area contributed by atoms with Crippen LogP contribution in [0, 0.1) is 5.92 Å². The van der Waals surface area contributed by atoms with Crippen LogP contribution in [0.15, 0.2) is 60.8 Å². The smallest absolute Gasteiger partial charge is 0.434 e. The summed E-state index contributed by atoms with van der Waals surface area (Å²) in [5, 5.41) is 14.4. The summed E-state index contributed by atoms with van der Waals surface area (Å²) in [6, 6.07) is 14.5. The van der Waals surface area contributed by atoms with Gasteiger partial charge in [0.1, 0.15) is 5.75 Å². The topological polar surface area (TPSA) is 91.8 Å². The standard InChI is InChI=1S/C29H27ClF3N3O4/c1-40-21-6-4-5-18(13-21)28(39)23-7-2-3-8-24(23)36(27(28)38)16-17-9-11-20(12-10-17)35-26(37)22-14-19(30)15-34-25(22)29(31,32)33/h2-8,13-15,17,20,39H,9-12,16H2,1H3,(H,35,37)/t17-,20-,28?. The molecule has 1 saturated carbocycles. The second-order valence-corrected chi connectivity index (χ2v) is 10.6. The van der Waals surface area contributed by atoms with E-state index in [0.29, 0.717) is 54.8 Å². The van der Waals surface area contributed by atoms with E-state index in [1.165, 1.54) is 7.11 Å². The van der Waals surface area contributed by atoms with Gasteiger partial charge in [-0.05, 0) is 55.9 Å². The van der Waals surface area contributed by atoms with Gasteiger partial charge in [0, 0.05) is 29.9 Å². The number of ether oxygens (including phenoxy) is 1. The highest BCUT2D eigenvalue weighted by Gasteiger charge is 2.51. The highest BCUT2D eigenvalue weighted by atomic mass is 35.5. The molecule has 0 bridgehead atoms. The number of aliphatic hydroxyl groups is 1. The van der Waals surface area contributed by atoms with E-state index in [4.69, 9.17) is 16.3 Å². The number of pyridine rings is 1. The van der Waals surface area contributed by atoms with Crippen molar-refractivity contribution in [2.24, 2.45) is 5.92 Å². The van der Waals surface area contributed by atoms with Crippen molar-refractivity contribution >= 4 is 29.1 Å². The van der Waals surface area contributed by atoms with E-state index >= 15 is 0 Å². The molecule has 3 aromatic rings. The molecule has 7 nitrogen and oxygen atoms in total. The SMILES string of the molecule is COc1cccc(C2(O)C(=O)N(C[C@H]3CC[C@H](NC(=O)c4cc(Cl)cnc4C(F)(F)F)CC3)c3ccccc32)c1. The highest BCUT2D eigenvalue weighted by molar-refractivity contribution is 6.30. The molecule has 2 heterocycles. The van der Waals surface area contributed by atoms with Crippen LogP contribution in [-0.2, 0) is 16.6 Å². The van der Waals surface area contributed by atoms with Gasteiger partial charge in [-0.15, -0.1) is 0 Å². The summed E-state index contributed by atoms with van der Waals surface area (Å²) in [4.78, 5) is 31.4. The second kappa shape index (κ2) is 10.7. The first kappa shape index (κ1) is 27.9. The zero-order chi connectivity index (χ0) is 28.7. The number of fused-ring (bicyclic) bond motifs is 1. The first-order valence-electron chi connectivity index (χ1n) is 12.8. The predicted molar refractivity (Wildman–Crippen MR) is 142 cm³/mol. The summed E-state index contributed by atoms with van der Waals surface area (Å²) in [6.45, 7) is 0.360. The van der Waals surface area contributed by atoms with Crippen molar-refractivity contribution in [1.29, 1.82) is 0 Å². The van der Waals surface area contributed by atoms with E-state index in [1.54, 1.807) is 47.4 Å². The fraction of sp³-hybridized carbons (Fsp3) is 0.345. The lowest BCUT2D eigenvalue weighted by Gasteiger charge is -2.32. The van der Waals surface area contributed by atoms with Crippen molar-refractivity contribution in [1.82, 2.24) is 10.3 Å². The molecule has 1 aliphatic heterocycles. The molecule has 2 aliphatic rings. The van der Waals surface area contributed by atoms with Crippen LogP contribution in [0.5, 0.6) is 5.75 Å². The molecular formula is C29H27ClF3N3O4. The Morgan fingerprint density at radius 1 is 1.15 bits per heavy atom. The molecule has 40 heavy (non-hydrogen) atoms. The first-order valence-corrected chi connectivity index (χ1v) is 13.2. The number of hydrogen-bond acceptors (Lipinski definition) is 5. The van der Waals surface area contributed by atoms with Gasteiger partial charge in [0.15, 0.2) is 11.3 Å². The van der Waals surface area contributed by atoms with Crippen molar-refractivity contribution in [2.45, 2.75) is 43.5 Å². The summed E-state index contributed by atoms with van der Waals surface area (Å²) in [6.07, 6.45) is -1.62. The number of carbonyl (C=O) groups is 2. The molecule has 1 unspecified atom stereocenters. The number of carbonyl (C=O) groups excluding carboxylic acids is 2. The number of benzene rings is 2. The largest absolute Gasteiger partial charge is 0.497 e. The van der Waals surface area contributed by atoms with Crippen molar-refractivity contribution in [3.05, 3.63) is 88.2 Å². The molecule has 5 rings (SSSR count). The zero-order valence-corrected chi connectivity index (χ0v) is 22.3. The number of methoxy groups -OCH3 is 1. The van der Waals surface area contributed by atoms with Crippen LogP contribution in [0.3, 0.4) is 0 Å².